The molecule has 0 amide bonds. The normalized spacial score (nSPS) is 14.0. The van der Waals surface area contributed by atoms with Crippen LogP contribution in [0.1, 0.15) is 66.0 Å². The van der Waals surface area contributed by atoms with Gasteiger partial charge in [-0.2, -0.15) is 0 Å². The van der Waals surface area contributed by atoms with Gasteiger partial charge >= 0.3 is 0 Å². The summed E-state index contributed by atoms with van der Waals surface area (Å²) in [6, 6.07) is 18.5. The first-order chi connectivity index (χ1) is 27.4. The number of rotatable bonds is 17. The van der Waals surface area contributed by atoms with E-state index in [1.165, 1.54) is 0 Å². The number of methoxy groups -OCH3 is 2. The van der Waals surface area contributed by atoms with Crippen molar-refractivity contribution in [3.8, 4) is 56.8 Å². The van der Waals surface area contributed by atoms with Gasteiger partial charge in [-0.3, -0.25) is 14.5 Å². The minimum Gasteiger partial charge on any atom is -0.497 e. The monoisotopic (exact) mass is 766 g/mol. The number of hydrogen-bond acceptors (Lipinski definition) is 11. The van der Waals surface area contributed by atoms with Gasteiger partial charge < -0.3 is 38.1 Å². The number of hydrogen-bond donors (Lipinski definition) is 0. The van der Waals surface area contributed by atoms with Gasteiger partial charge in [-0.05, 0) is 57.6 Å². The molecule has 2 aliphatic carbocycles. The zero-order chi connectivity index (χ0) is 39.6. The first-order valence-electron chi connectivity index (χ1n) is 19.7. The van der Waals surface area contributed by atoms with Gasteiger partial charge in [-0.15, -0.1) is 0 Å². The molecule has 11 heteroatoms. The van der Waals surface area contributed by atoms with E-state index in [9.17, 15) is 9.59 Å². The lowest BCUT2D eigenvalue weighted by atomic mass is 10.0. The highest BCUT2D eigenvalue weighted by atomic mass is 16.5. The number of nitrogens with zero attached hydrogens (tertiary/aromatic N) is 2. The van der Waals surface area contributed by atoms with Crippen LogP contribution in [0.5, 0.6) is 34.5 Å². The van der Waals surface area contributed by atoms with Gasteiger partial charge in [0.25, 0.3) is 0 Å². The molecule has 0 bridgehead atoms. The predicted molar refractivity (Wildman–Crippen MR) is 217 cm³/mol. The second-order valence-electron chi connectivity index (χ2n) is 13.5. The van der Waals surface area contributed by atoms with Gasteiger partial charge in [-0.25, -0.2) is 0 Å². The van der Waals surface area contributed by atoms with Gasteiger partial charge in [0.15, 0.2) is 11.6 Å². The molecule has 1 aliphatic heterocycles. The van der Waals surface area contributed by atoms with Crippen LogP contribution in [-0.2, 0) is 4.74 Å². The van der Waals surface area contributed by atoms with E-state index >= 15 is 0 Å². The highest BCUT2D eigenvalue weighted by Gasteiger charge is 2.35. The van der Waals surface area contributed by atoms with Crippen LogP contribution < -0.4 is 28.4 Å². The molecule has 1 fully saturated rings. The largest absolute Gasteiger partial charge is 0.497 e. The molecule has 298 valence electrons. The quantitative estimate of drug-likeness (QED) is 0.0866. The van der Waals surface area contributed by atoms with Crippen molar-refractivity contribution in [1.29, 1.82) is 0 Å². The third kappa shape index (κ3) is 8.65. The number of morpholine rings is 1. The van der Waals surface area contributed by atoms with Crippen LogP contribution in [0.3, 0.4) is 0 Å². The molecule has 0 unspecified atom stereocenters. The van der Waals surface area contributed by atoms with Crippen molar-refractivity contribution in [2.45, 2.75) is 34.1 Å². The summed E-state index contributed by atoms with van der Waals surface area (Å²) < 4.78 is 40.0. The summed E-state index contributed by atoms with van der Waals surface area (Å²) in [5.41, 5.74) is 5.75. The maximum atomic E-state index is 13.1. The molecule has 0 spiro atoms. The Bertz CT molecular complexity index is 2000. The van der Waals surface area contributed by atoms with Gasteiger partial charge in [0.2, 0.25) is 0 Å². The summed E-state index contributed by atoms with van der Waals surface area (Å²) in [7, 11) is 3.18. The van der Waals surface area contributed by atoms with E-state index in [2.05, 4.69) is 23.6 Å². The summed E-state index contributed by atoms with van der Waals surface area (Å²) in [4.78, 5) is 30.7. The number of carbonyl (C=O) groups excluding carboxylic acids is 2. The summed E-state index contributed by atoms with van der Waals surface area (Å²) in [5.74, 6) is 3.93. The average Bonchev–Trinajstić information content (AvgIpc) is 3.69. The minimum absolute atomic E-state index is 0.0123. The smallest absolute Gasteiger partial charge is 0.194 e. The minimum atomic E-state index is -0.0269. The molecule has 4 aromatic rings. The fourth-order valence-corrected chi connectivity index (χ4v) is 7.46. The Kier molecular flexibility index (Phi) is 13.9. The van der Waals surface area contributed by atoms with Crippen molar-refractivity contribution < 1.29 is 42.7 Å². The molecule has 0 saturated carbocycles. The van der Waals surface area contributed by atoms with Crippen LogP contribution in [0.4, 0.5) is 0 Å². The molecular weight excluding hydrogens is 712 g/mol. The Balaban J connectivity index is 0.000000190. The van der Waals surface area contributed by atoms with E-state index in [1.54, 1.807) is 26.4 Å². The Labute approximate surface area is 330 Å². The Morgan fingerprint density at radius 1 is 0.607 bits per heavy atom. The maximum absolute atomic E-state index is 13.1. The van der Waals surface area contributed by atoms with Crippen molar-refractivity contribution in [3.05, 3.63) is 82.9 Å². The van der Waals surface area contributed by atoms with Crippen molar-refractivity contribution in [3.63, 3.8) is 0 Å². The van der Waals surface area contributed by atoms with Gasteiger partial charge in [0.1, 0.15) is 41.1 Å². The van der Waals surface area contributed by atoms with Crippen LogP contribution >= 0.6 is 0 Å². The van der Waals surface area contributed by atoms with E-state index in [4.69, 9.17) is 33.2 Å². The molecule has 1 heterocycles. The van der Waals surface area contributed by atoms with Gasteiger partial charge in [0, 0.05) is 82.8 Å². The van der Waals surface area contributed by atoms with E-state index in [0.717, 1.165) is 92.7 Å². The number of benzene rings is 4. The molecule has 0 N–H and O–H groups in total. The Morgan fingerprint density at radius 3 is 1.73 bits per heavy atom. The van der Waals surface area contributed by atoms with E-state index in [-0.39, 0.29) is 11.6 Å². The Hall–Kier alpha value is -5.10. The van der Waals surface area contributed by atoms with Crippen LogP contribution in [0.25, 0.3) is 22.3 Å². The predicted octanol–water partition coefficient (Wildman–Crippen LogP) is 7.43. The third-order valence-corrected chi connectivity index (χ3v) is 10.3. The molecule has 7 rings (SSSR count). The standard InChI is InChI=1S/C23H29NO4.C22H25NO5/c1-5-24(6-2)12-13-28-19-11-9-10-17-21(19)22-18(23(17)25)14-16(26-7-3)15-20(22)27-8-4;1-25-15-13-17-21(19(14-15)26-2)20-16(22(17)24)5-3-6-18(20)28-10-4-7-23-8-11-27-12-9-23/h9-11,14-15H,5-8,12-13H2,1-4H3;3,5-6,13-14H,4,7-12H2,1-2H3. The van der Waals surface area contributed by atoms with Crippen molar-refractivity contribution in [2.75, 3.05) is 93.1 Å². The second kappa shape index (κ2) is 19.2. The van der Waals surface area contributed by atoms with Crippen LogP contribution in [-0.4, -0.2) is 114 Å². The lowest BCUT2D eigenvalue weighted by Gasteiger charge is -2.26. The summed E-state index contributed by atoms with van der Waals surface area (Å²) in [6.07, 6.45) is 0.921. The average molecular weight is 767 g/mol. The highest BCUT2D eigenvalue weighted by Crippen LogP contribution is 2.50. The molecule has 11 nitrogen and oxygen atoms in total. The van der Waals surface area contributed by atoms with Gasteiger partial charge in [-0.1, -0.05) is 38.1 Å². The number of ether oxygens (including phenoxy) is 7. The SMILES string of the molecule is CCOc1cc(OCC)c2c(c1)C(=O)c1cccc(OCCN(CC)CC)c1-2.COc1cc(OC)c2c(c1)C(=O)c1cccc(OCCCN3CCOCC3)c1-2. The second-order valence-corrected chi connectivity index (χ2v) is 13.5. The first kappa shape index (κ1) is 40.6. The van der Waals surface area contributed by atoms with Crippen molar-refractivity contribution in [1.82, 2.24) is 9.80 Å². The topological polar surface area (TPSA) is 105 Å². The third-order valence-electron chi connectivity index (χ3n) is 10.3. The van der Waals surface area contributed by atoms with E-state index in [1.807, 2.05) is 62.4 Å². The molecule has 56 heavy (non-hydrogen) atoms. The summed E-state index contributed by atoms with van der Waals surface area (Å²) in [6.45, 7) is 17.7. The zero-order valence-electron chi connectivity index (χ0n) is 33.5. The molecular formula is C45H54N2O9. The van der Waals surface area contributed by atoms with Gasteiger partial charge in [0.05, 0.1) is 47.3 Å². The van der Waals surface area contributed by atoms with Crippen LogP contribution in [0, 0.1) is 0 Å². The van der Waals surface area contributed by atoms with Crippen LogP contribution in [0.2, 0.25) is 0 Å². The molecule has 4 aromatic carbocycles. The molecule has 0 aromatic heterocycles. The molecule has 3 aliphatic rings. The fraction of sp³-hybridized carbons (Fsp3) is 0.422. The summed E-state index contributed by atoms with van der Waals surface area (Å²) in [5, 5.41) is 0. The molecule has 0 atom stereocenters. The fourth-order valence-electron chi connectivity index (χ4n) is 7.46. The molecule has 1 saturated heterocycles. The Morgan fingerprint density at radius 2 is 1.16 bits per heavy atom. The number of likely N-dealkylation sites (N-methyl/N-ethyl adjacent to an activating group) is 1. The number of ketones is 2. The lowest BCUT2D eigenvalue weighted by molar-refractivity contribution is 0.0358. The van der Waals surface area contributed by atoms with E-state index < -0.39 is 0 Å². The van der Waals surface area contributed by atoms with Crippen molar-refractivity contribution in [2.24, 2.45) is 0 Å². The number of fused-ring (bicyclic) bond motifs is 6. The summed E-state index contributed by atoms with van der Waals surface area (Å²) >= 11 is 0. The first-order valence-corrected chi connectivity index (χ1v) is 19.7. The number of carbonyl (C=O) groups is 2. The van der Waals surface area contributed by atoms with E-state index in [0.29, 0.717) is 71.7 Å². The van der Waals surface area contributed by atoms with Crippen molar-refractivity contribution >= 4 is 11.6 Å². The van der Waals surface area contributed by atoms with Crippen LogP contribution in [0.15, 0.2) is 60.7 Å². The highest BCUT2D eigenvalue weighted by molar-refractivity contribution is 6.24. The lowest BCUT2D eigenvalue weighted by Crippen LogP contribution is -2.37. The zero-order valence-corrected chi connectivity index (χ0v) is 33.5. The molecule has 0 radical (unpaired) electrons. The maximum Gasteiger partial charge on any atom is 0.194 e.